The summed E-state index contributed by atoms with van der Waals surface area (Å²) in [5, 5.41) is 8.00. The molecule has 0 unspecified atom stereocenters. The molecule has 2 aliphatic rings. The molecule has 0 aromatic carbocycles. The zero-order valence-corrected chi connectivity index (χ0v) is 13.2. The van der Waals surface area contributed by atoms with Crippen LogP contribution in [0.3, 0.4) is 0 Å². The lowest BCUT2D eigenvalue weighted by Crippen LogP contribution is -2.16. The Labute approximate surface area is 129 Å². The number of anilines is 1. The molecule has 0 radical (unpaired) electrons. The van der Waals surface area contributed by atoms with Gasteiger partial charge in [-0.05, 0) is 38.3 Å². The second-order valence-electron chi connectivity index (χ2n) is 6.35. The molecule has 0 saturated heterocycles. The van der Waals surface area contributed by atoms with Crippen molar-refractivity contribution in [3.63, 3.8) is 0 Å². The Kier molecular flexibility index (Phi) is 2.99. The number of hydrogen-bond donors (Lipinski definition) is 1. The van der Waals surface area contributed by atoms with Gasteiger partial charge in [0.15, 0.2) is 5.82 Å². The molecule has 114 valence electrons. The first-order valence-corrected chi connectivity index (χ1v) is 7.84. The Morgan fingerprint density at radius 1 is 1.32 bits per heavy atom. The summed E-state index contributed by atoms with van der Waals surface area (Å²) in [6, 6.07) is 2.35. The summed E-state index contributed by atoms with van der Waals surface area (Å²) in [5.41, 5.74) is 3.12. The predicted molar refractivity (Wildman–Crippen MR) is 85.3 cm³/mol. The van der Waals surface area contributed by atoms with Gasteiger partial charge in [0, 0.05) is 25.2 Å². The maximum Gasteiger partial charge on any atom is 0.200 e. The SMILES string of the molecule is CC(C)Nc1nccc2c1C(c1nc(C3CC3)n(C)n1)=NC2. The Balaban J connectivity index is 1.76. The number of nitrogens with one attached hydrogen (secondary N) is 1. The van der Waals surface area contributed by atoms with Gasteiger partial charge in [0.25, 0.3) is 0 Å². The van der Waals surface area contributed by atoms with Crippen LogP contribution in [-0.2, 0) is 13.6 Å². The van der Waals surface area contributed by atoms with Crippen molar-refractivity contribution < 1.29 is 0 Å². The highest BCUT2D eigenvalue weighted by Gasteiger charge is 2.31. The molecule has 0 atom stereocenters. The van der Waals surface area contributed by atoms with Crippen LogP contribution in [0, 0.1) is 0 Å². The highest BCUT2D eigenvalue weighted by atomic mass is 15.3. The summed E-state index contributed by atoms with van der Waals surface area (Å²) < 4.78 is 1.90. The molecule has 22 heavy (non-hydrogen) atoms. The van der Waals surface area contributed by atoms with E-state index in [2.05, 4.69) is 34.2 Å². The molecule has 6 heteroatoms. The minimum atomic E-state index is 0.319. The van der Waals surface area contributed by atoms with E-state index in [0.29, 0.717) is 18.5 Å². The van der Waals surface area contributed by atoms with Gasteiger partial charge in [0.05, 0.1) is 12.1 Å². The van der Waals surface area contributed by atoms with Crippen LogP contribution in [0.5, 0.6) is 0 Å². The number of rotatable bonds is 4. The number of aromatic nitrogens is 4. The van der Waals surface area contributed by atoms with E-state index in [9.17, 15) is 0 Å². The van der Waals surface area contributed by atoms with E-state index in [1.807, 2.05) is 24.0 Å². The second kappa shape index (κ2) is 4.90. The van der Waals surface area contributed by atoms with Gasteiger partial charge in [-0.2, -0.15) is 0 Å². The van der Waals surface area contributed by atoms with Crippen molar-refractivity contribution in [2.45, 2.75) is 45.2 Å². The van der Waals surface area contributed by atoms with Crippen LogP contribution in [0.15, 0.2) is 17.3 Å². The van der Waals surface area contributed by atoms with Crippen LogP contribution in [0.2, 0.25) is 0 Å². The molecule has 3 heterocycles. The average Bonchev–Trinajstić information content (AvgIpc) is 3.09. The quantitative estimate of drug-likeness (QED) is 0.939. The Morgan fingerprint density at radius 3 is 2.86 bits per heavy atom. The van der Waals surface area contributed by atoms with Crippen molar-refractivity contribution in [1.82, 2.24) is 19.7 Å². The molecule has 1 N–H and O–H groups in total. The first-order valence-electron chi connectivity index (χ1n) is 7.84. The molecule has 1 aliphatic carbocycles. The minimum absolute atomic E-state index is 0.319. The molecule has 0 spiro atoms. The largest absolute Gasteiger partial charge is 0.367 e. The third-order valence-electron chi connectivity index (χ3n) is 4.06. The van der Waals surface area contributed by atoms with Gasteiger partial charge in [-0.1, -0.05) is 0 Å². The highest BCUT2D eigenvalue weighted by molar-refractivity contribution is 6.15. The molecule has 4 rings (SSSR count). The fourth-order valence-electron chi connectivity index (χ4n) is 2.90. The van der Waals surface area contributed by atoms with Gasteiger partial charge >= 0.3 is 0 Å². The van der Waals surface area contributed by atoms with Gasteiger partial charge in [-0.25, -0.2) is 9.97 Å². The summed E-state index contributed by atoms with van der Waals surface area (Å²) >= 11 is 0. The molecular formula is C16H20N6. The van der Waals surface area contributed by atoms with Gasteiger partial charge < -0.3 is 5.32 Å². The van der Waals surface area contributed by atoms with Crippen molar-refractivity contribution >= 4 is 11.5 Å². The number of nitrogens with zero attached hydrogens (tertiary/aromatic N) is 5. The molecule has 2 aromatic heterocycles. The summed E-state index contributed by atoms with van der Waals surface area (Å²) in [6.07, 6.45) is 4.27. The maximum absolute atomic E-state index is 4.74. The highest BCUT2D eigenvalue weighted by Crippen LogP contribution is 2.39. The topological polar surface area (TPSA) is 68.0 Å². The van der Waals surface area contributed by atoms with Crippen LogP contribution in [0.4, 0.5) is 5.82 Å². The molecular weight excluding hydrogens is 276 g/mol. The van der Waals surface area contributed by atoms with Gasteiger partial charge in [0.1, 0.15) is 17.4 Å². The number of aliphatic imine (C=N–C) groups is 1. The number of aryl methyl sites for hydroxylation is 1. The van der Waals surface area contributed by atoms with Crippen LogP contribution in [0.25, 0.3) is 0 Å². The van der Waals surface area contributed by atoms with E-state index in [1.54, 1.807) is 0 Å². The third-order valence-corrected chi connectivity index (χ3v) is 4.06. The van der Waals surface area contributed by atoms with Crippen molar-refractivity contribution in [2.75, 3.05) is 5.32 Å². The van der Waals surface area contributed by atoms with Crippen molar-refractivity contribution in [3.8, 4) is 0 Å². The van der Waals surface area contributed by atoms with Gasteiger partial charge in [-0.15, -0.1) is 5.10 Å². The van der Waals surface area contributed by atoms with Crippen LogP contribution in [-0.4, -0.2) is 31.5 Å². The fraction of sp³-hybridized carbons (Fsp3) is 0.500. The van der Waals surface area contributed by atoms with Gasteiger partial charge in [-0.3, -0.25) is 9.67 Å². The lowest BCUT2D eigenvalue weighted by Gasteiger charge is -2.13. The monoisotopic (exact) mass is 296 g/mol. The minimum Gasteiger partial charge on any atom is -0.367 e. The molecule has 0 amide bonds. The second-order valence-corrected chi connectivity index (χ2v) is 6.35. The number of pyridine rings is 1. The van der Waals surface area contributed by atoms with Crippen molar-refractivity contribution in [1.29, 1.82) is 0 Å². The molecule has 0 bridgehead atoms. The standard InChI is InChI=1S/C16H20N6/c1-9(2)19-14-12-11(6-7-17-14)8-18-13(12)15-20-16(10-4-5-10)22(3)21-15/h6-7,9-10H,4-5,8H2,1-3H3,(H,17,19). The Morgan fingerprint density at radius 2 is 2.14 bits per heavy atom. The molecule has 2 aromatic rings. The molecule has 1 aliphatic heterocycles. The Hall–Kier alpha value is -2.24. The van der Waals surface area contributed by atoms with E-state index >= 15 is 0 Å². The van der Waals surface area contributed by atoms with Crippen molar-refractivity contribution in [2.24, 2.45) is 12.0 Å². The van der Waals surface area contributed by atoms with Crippen molar-refractivity contribution in [3.05, 3.63) is 35.0 Å². The zero-order chi connectivity index (χ0) is 15.3. The Bertz CT molecular complexity index is 754. The average molecular weight is 296 g/mol. The zero-order valence-electron chi connectivity index (χ0n) is 13.2. The summed E-state index contributed by atoms with van der Waals surface area (Å²) in [4.78, 5) is 13.9. The maximum atomic E-state index is 4.74. The van der Waals surface area contributed by atoms with E-state index in [1.165, 1.54) is 18.4 Å². The van der Waals surface area contributed by atoms with Gasteiger partial charge in [0.2, 0.25) is 0 Å². The molecule has 6 nitrogen and oxygen atoms in total. The lowest BCUT2D eigenvalue weighted by molar-refractivity contribution is 0.703. The van der Waals surface area contributed by atoms with E-state index in [4.69, 9.17) is 4.98 Å². The lowest BCUT2D eigenvalue weighted by atomic mass is 10.1. The van der Waals surface area contributed by atoms with Crippen LogP contribution in [0.1, 0.15) is 55.4 Å². The van der Waals surface area contributed by atoms with E-state index < -0.39 is 0 Å². The molecule has 1 fully saturated rings. The molecule has 1 saturated carbocycles. The van der Waals surface area contributed by atoms with E-state index in [-0.39, 0.29) is 0 Å². The smallest absolute Gasteiger partial charge is 0.200 e. The number of hydrogen-bond acceptors (Lipinski definition) is 5. The summed E-state index contributed by atoms with van der Waals surface area (Å²) in [5.74, 6) is 3.26. The van der Waals surface area contributed by atoms with E-state index in [0.717, 1.165) is 28.7 Å². The number of fused-ring (bicyclic) bond motifs is 1. The predicted octanol–water partition coefficient (Wildman–Crippen LogP) is 2.26. The third kappa shape index (κ3) is 2.19. The fourth-order valence-corrected chi connectivity index (χ4v) is 2.90. The summed E-state index contributed by atoms with van der Waals surface area (Å²) in [7, 11) is 1.97. The first-order chi connectivity index (χ1) is 10.6. The first kappa shape index (κ1) is 13.4. The summed E-state index contributed by atoms with van der Waals surface area (Å²) in [6.45, 7) is 4.89. The van der Waals surface area contributed by atoms with Crippen LogP contribution >= 0.6 is 0 Å². The van der Waals surface area contributed by atoms with Crippen LogP contribution < -0.4 is 5.32 Å². The normalized spacial score (nSPS) is 16.8.